The molecule has 8 heteroatoms. The van der Waals surface area contributed by atoms with Crippen LogP contribution in [0, 0.1) is 11.7 Å². The van der Waals surface area contributed by atoms with Gasteiger partial charge in [0.05, 0.1) is 12.6 Å². The molecule has 1 rings (SSSR count). The minimum absolute atomic E-state index is 0. The lowest BCUT2D eigenvalue weighted by atomic mass is 10.1. The predicted molar refractivity (Wildman–Crippen MR) is 98.5 cm³/mol. The van der Waals surface area contributed by atoms with E-state index in [1.807, 2.05) is 20.1 Å². The van der Waals surface area contributed by atoms with E-state index in [4.69, 9.17) is 5.73 Å². The maximum atomic E-state index is 13.3. The maximum Gasteiger partial charge on any atom is 0.239 e. The van der Waals surface area contributed by atoms with Gasteiger partial charge in [0.2, 0.25) is 11.8 Å². The third kappa shape index (κ3) is 7.51. The Balaban J connectivity index is 0.00000529. The van der Waals surface area contributed by atoms with Gasteiger partial charge in [-0.25, -0.2) is 4.39 Å². The monoisotopic (exact) mass is 377 g/mol. The van der Waals surface area contributed by atoms with Crippen molar-refractivity contribution in [3.63, 3.8) is 0 Å². The molecule has 0 unspecified atom stereocenters. The van der Waals surface area contributed by atoms with Crippen molar-refractivity contribution in [1.29, 1.82) is 0 Å². The highest BCUT2D eigenvalue weighted by atomic mass is 35.5. The molecule has 0 aliphatic carbocycles. The highest BCUT2D eigenvalue weighted by Crippen LogP contribution is 2.16. The number of amides is 2. The van der Waals surface area contributed by atoms with E-state index in [1.54, 1.807) is 17.8 Å². The summed E-state index contributed by atoms with van der Waals surface area (Å²) in [6.07, 6.45) is 1.93. The molecule has 0 aliphatic heterocycles. The van der Waals surface area contributed by atoms with Crippen molar-refractivity contribution in [2.75, 3.05) is 12.8 Å². The number of halogens is 2. The number of thioether (sulfide) groups is 1. The molecule has 0 bridgehead atoms. The van der Waals surface area contributed by atoms with E-state index in [0.29, 0.717) is 12.3 Å². The molecule has 0 heterocycles. The van der Waals surface area contributed by atoms with E-state index in [0.717, 1.165) is 11.1 Å². The Labute approximate surface area is 152 Å². The molecular formula is C16H25ClFN3O2S. The Morgan fingerprint density at radius 1 is 1.25 bits per heavy atom. The summed E-state index contributed by atoms with van der Waals surface area (Å²) >= 11 is 1.58. The van der Waals surface area contributed by atoms with Crippen molar-refractivity contribution in [2.24, 2.45) is 11.7 Å². The molecule has 4 N–H and O–H groups in total. The fourth-order valence-electron chi connectivity index (χ4n) is 1.90. The van der Waals surface area contributed by atoms with Crippen LogP contribution in [0.5, 0.6) is 0 Å². The van der Waals surface area contributed by atoms with Gasteiger partial charge in [-0.15, -0.1) is 12.4 Å². The average Bonchev–Trinajstić information content (AvgIpc) is 2.51. The van der Waals surface area contributed by atoms with E-state index in [2.05, 4.69) is 10.6 Å². The van der Waals surface area contributed by atoms with Gasteiger partial charge < -0.3 is 16.4 Å². The van der Waals surface area contributed by atoms with Crippen LogP contribution in [0.15, 0.2) is 18.2 Å². The van der Waals surface area contributed by atoms with E-state index in [1.165, 1.54) is 12.1 Å². The zero-order chi connectivity index (χ0) is 17.4. The summed E-state index contributed by atoms with van der Waals surface area (Å²) in [6, 6.07) is 3.87. The molecule has 136 valence electrons. The van der Waals surface area contributed by atoms with E-state index in [-0.39, 0.29) is 42.5 Å². The molecule has 1 atom stereocenters. The molecule has 0 saturated heterocycles. The average molecular weight is 378 g/mol. The van der Waals surface area contributed by atoms with Gasteiger partial charge in [-0.2, -0.15) is 11.8 Å². The Kier molecular flexibility index (Phi) is 10.7. The molecule has 5 nitrogen and oxygen atoms in total. The first kappa shape index (κ1) is 22.7. The quantitative estimate of drug-likeness (QED) is 0.645. The first-order chi connectivity index (χ1) is 10.8. The normalized spacial score (nSPS) is 11.6. The zero-order valence-corrected chi connectivity index (χ0v) is 15.7. The lowest BCUT2D eigenvalue weighted by molar-refractivity contribution is -0.127. The van der Waals surface area contributed by atoms with Crippen LogP contribution >= 0.6 is 24.2 Å². The van der Waals surface area contributed by atoms with Crippen molar-refractivity contribution in [3.8, 4) is 0 Å². The summed E-state index contributed by atoms with van der Waals surface area (Å²) in [4.78, 5) is 23.5. The summed E-state index contributed by atoms with van der Waals surface area (Å²) in [7, 11) is 0. The van der Waals surface area contributed by atoms with E-state index >= 15 is 0 Å². The van der Waals surface area contributed by atoms with Gasteiger partial charge in [0.15, 0.2) is 0 Å². The number of carbonyl (C=O) groups excluding carboxylic acids is 2. The highest BCUT2D eigenvalue weighted by Gasteiger charge is 2.17. The third-order valence-electron chi connectivity index (χ3n) is 3.39. The Hall–Kier alpha value is -1.31. The molecule has 0 aliphatic rings. The van der Waals surface area contributed by atoms with Crippen LogP contribution in [0.2, 0.25) is 0 Å². The maximum absolute atomic E-state index is 13.3. The smallest absolute Gasteiger partial charge is 0.239 e. The number of carbonyl (C=O) groups is 2. The Morgan fingerprint density at radius 3 is 2.50 bits per heavy atom. The van der Waals surface area contributed by atoms with Gasteiger partial charge >= 0.3 is 0 Å². The van der Waals surface area contributed by atoms with Gasteiger partial charge in [0, 0.05) is 12.3 Å². The second kappa shape index (κ2) is 11.3. The van der Waals surface area contributed by atoms with Gasteiger partial charge in [0.1, 0.15) is 5.82 Å². The standard InChI is InChI=1S/C16H24FN3O2S.ClH/c1-10(2)15(18)16(22)20-8-14(21)19-7-11-4-5-13(17)6-12(11)9-23-3;/h4-6,10,15H,7-9,18H2,1-3H3,(H,19,21)(H,20,22);1H/t15-;/m0./s1. The highest BCUT2D eigenvalue weighted by molar-refractivity contribution is 7.97. The fourth-order valence-corrected chi connectivity index (χ4v) is 2.48. The summed E-state index contributed by atoms with van der Waals surface area (Å²) in [5.74, 6) is -0.276. The van der Waals surface area contributed by atoms with Crippen molar-refractivity contribution < 1.29 is 14.0 Å². The van der Waals surface area contributed by atoms with Crippen molar-refractivity contribution in [3.05, 3.63) is 35.1 Å². The number of rotatable bonds is 8. The zero-order valence-electron chi connectivity index (χ0n) is 14.1. The summed E-state index contributed by atoms with van der Waals surface area (Å²) in [5.41, 5.74) is 7.41. The summed E-state index contributed by atoms with van der Waals surface area (Å²) in [5, 5.41) is 5.22. The molecule has 1 aromatic carbocycles. The minimum atomic E-state index is -0.631. The molecule has 2 amide bonds. The van der Waals surface area contributed by atoms with Gasteiger partial charge in [-0.1, -0.05) is 19.9 Å². The number of hydrogen-bond donors (Lipinski definition) is 3. The van der Waals surface area contributed by atoms with Gasteiger partial charge in [0.25, 0.3) is 0 Å². The van der Waals surface area contributed by atoms with Crippen LogP contribution in [-0.4, -0.2) is 30.7 Å². The molecule has 0 spiro atoms. The molecule has 24 heavy (non-hydrogen) atoms. The number of benzene rings is 1. The second-order valence-corrected chi connectivity index (χ2v) is 6.48. The van der Waals surface area contributed by atoms with Gasteiger partial charge in [-0.05, 0) is 35.4 Å². The summed E-state index contributed by atoms with van der Waals surface area (Å²) < 4.78 is 13.3. The van der Waals surface area contributed by atoms with Crippen LogP contribution in [0.4, 0.5) is 4.39 Å². The minimum Gasteiger partial charge on any atom is -0.350 e. The van der Waals surface area contributed by atoms with Crippen molar-refractivity contribution in [2.45, 2.75) is 32.2 Å². The molecule has 0 radical (unpaired) electrons. The molecule has 0 aromatic heterocycles. The topological polar surface area (TPSA) is 84.2 Å². The largest absolute Gasteiger partial charge is 0.350 e. The molecule has 0 fully saturated rings. The number of nitrogens with one attached hydrogen (secondary N) is 2. The summed E-state index contributed by atoms with van der Waals surface area (Å²) in [6.45, 7) is 3.84. The Morgan fingerprint density at radius 2 is 1.92 bits per heavy atom. The number of nitrogens with two attached hydrogens (primary N) is 1. The van der Waals surface area contributed by atoms with E-state index < -0.39 is 6.04 Å². The first-order valence-corrected chi connectivity index (χ1v) is 8.80. The molecule has 0 saturated carbocycles. The lowest BCUT2D eigenvalue weighted by Crippen LogP contribution is -2.47. The second-order valence-electron chi connectivity index (χ2n) is 5.61. The number of hydrogen-bond acceptors (Lipinski definition) is 4. The van der Waals surface area contributed by atoms with Crippen molar-refractivity contribution in [1.82, 2.24) is 10.6 Å². The van der Waals surface area contributed by atoms with Crippen LogP contribution in [0.1, 0.15) is 25.0 Å². The van der Waals surface area contributed by atoms with Crippen LogP contribution in [0.3, 0.4) is 0 Å². The first-order valence-electron chi connectivity index (χ1n) is 7.41. The Bertz CT molecular complexity index is 558. The fraction of sp³-hybridized carbons (Fsp3) is 0.500. The van der Waals surface area contributed by atoms with Crippen molar-refractivity contribution >= 4 is 36.0 Å². The predicted octanol–water partition coefficient (Wildman–Crippen LogP) is 1.83. The third-order valence-corrected chi connectivity index (χ3v) is 3.99. The van der Waals surface area contributed by atoms with Crippen LogP contribution in [0.25, 0.3) is 0 Å². The van der Waals surface area contributed by atoms with Gasteiger partial charge in [-0.3, -0.25) is 9.59 Å². The molecular weight excluding hydrogens is 353 g/mol. The molecule has 1 aromatic rings. The lowest BCUT2D eigenvalue weighted by Gasteiger charge is -2.15. The van der Waals surface area contributed by atoms with Crippen LogP contribution in [-0.2, 0) is 21.9 Å². The SMILES string of the molecule is CSCc1cc(F)ccc1CNC(=O)CNC(=O)[C@@H](N)C(C)C.Cl. The van der Waals surface area contributed by atoms with E-state index in [9.17, 15) is 14.0 Å². The van der Waals surface area contributed by atoms with Crippen LogP contribution < -0.4 is 16.4 Å².